The molecule has 1 fully saturated rings. The number of hydrogen-bond acceptors (Lipinski definition) is 5. The van der Waals surface area contributed by atoms with Crippen LogP contribution < -0.4 is 9.64 Å². The Hall–Kier alpha value is -2.50. The van der Waals surface area contributed by atoms with Gasteiger partial charge in [0.1, 0.15) is 16.5 Å². The van der Waals surface area contributed by atoms with Gasteiger partial charge in [-0.25, -0.2) is 13.4 Å². The van der Waals surface area contributed by atoms with E-state index in [0.29, 0.717) is 24.4 Å². The second-order valence-corrected chi connectivity index (χ2v) is 9.84. The summed E-state index contributed by atoms with van der Waals surface area (Å²) in [6, 6.07) is 4.47. The Morgan fingerprint density at radius 2 is 1.61 bits per heavy atom. The number of hydrogen-bond donors (Lipinski definition) is 0. The van der Waals surface area contributed by atoms with E-state index in [1.54, 1.807) is 11.8 Å². The summed E-state index contributed by atoms with van der Waals surface area (Å²) in [6.45, 7) is 2.23. The number of rotatable bonds is 6. The van der Waals surface area contributed by atoms with Crippen molar-refractivity contribution in [3.63, 3.8) is 0 Å². The fraction of sp³-hybridized carbons (Fsp3) is 0.476. The van der Waals surface area contributed by atoms with Gasteiger partial charge in [-0.1, -0.05) is 6.92 Å². The highest BCUT2D eigenvalue weighted by molar-refractivity contribution is 7.92. The average molecular weight is 496 g/mol. The van der Waals surface area contributed by atoms with Gasteiger partial charge in [0, 0.05) is 19.3 Å². The number of halogens is 6. The van der Waals surface area contributed by atoms with Crippen molar-refractivity contribution in [2.24, 2.45) is 0 Å². The molecule has 1 saturated heterocycles. The monoisotopic (exact) mass is 496 g/mol. The zero-order chi connectivity index (χ0) is 24.4. The standard InChI is InChI=1S/C21H22F6N2O3S/c1-2-11-32-17-12-14(20(22,23)24)3-5-18(17)33(30,31)16-7-9-29(10-8-16)19-6-4-15(13-28-19)21(25,26)27/h3-6,12-13,16H,2,7-11H2,1H3. The molecular weight excluding hydrogens is 474 g/mol. The van der Waals surface area contributed by atoms with E-state index in [1.165, 1.54) is 6.07 Å². The van der Waals surface area contributed by atoms with Crippen molar-refractivity contribution in [1.82, 2.24) is 4.98 Å². The van der Waals surface area contributed by atoms with Crippen LogP contribution in [0.3, 0.4) is 0 Å². The number of aromatic nitrogens is 1. The number of sulfone groups is 1. The summed E-state index contributed by atoms with van der Waals surface area (Å²) in [5, 5.41) is -0.871. The Morgan fingerprint density at radius 3 is 2.12 bits per heavy atom. The number of nitrogens with zero attached hydrogens (tertiary/aromatic N) is 2. The molecule has 1 aromatic heterocycles. The quantitative estimate of drug-likeness (QED) is 0.505. The van der Waals surface area contributed by atoms with Crippen molar-refractivity contribution in [1.29, 1.82) is 0 Å². The van der Waals surface area contributed by atoms with Crippen LogP contribution in [0.1, 0.15) is 37.3 Å². The smallest absolute Gasteiger partial charge is 0.417 e. The van der Waals surface area contributed by atoms with Gasteiger partial charge in [-0.3, -0.25) is 0 Å². The molecule has 0 bridgehead atoms. The highest BCUT2D eigenvalue weighted by atomic mass is 32.2. The van der Waals surface area contributed by atoms with Gasteiger partial charge in [0.2, 0.25) is 0 Å². The first kappa shape index (κ1) is 25.1. The molecule has 33 heavy (non-hydrogen) atoms. The number of anilines is 1. The van der Waals surface area contributed by atoms with Crippen LogP contribution in [0.15, 0.2) is 41.4 Å². The van der Waals surface area contributed by atoms with Crippen LogP contribution in [0.4, 0.5) is 32.2 Å². The van der Waals surface area contributed by atoms with Crippen molar-refractivity contribution < 1.29 is 39.5 Å². The van der Waals surface area contributed by atoms with Gasteiger partial charge in [-0.05, 0) is 49.6 Å². The van der Waals surface area contributed by atoms with Crippen molar-refractivity contribution in [3.05, 3.63) is 47.7 Å². The maximum Gasteiger partial charge on any atom is 0.417 e. The minimum atomic E-state index is -4.65. The van der Waals surface area contributed by atoms with E-state index in [2.05, 4.69) is 4.98 Å². The Balaban J connectivity index is 1.78. The van der Waals surface area contributed by atoms with Crippen LogP contribution in [0, 0.1) is 0 Å². The summed E-state index contributed by atoms with van der Waals surface area (Å²) < 4.78 is 109. The summed E-state index contributed by atoms with van der Waals surface area (Å²) in [7, 11) is -4.01. The highest BCUT2D eigenvalue weighted by Gasteiger charge is 2.37. The molecule has 1 aliphatic heterocycles. The van der Waals surface area contributed by atoms with E-state index in [0.717, 1.165) is 18.3 Å². The first-order valence-electron chi connectivity index (χ1n) is 10.2. The largest absolute Gasteiger partial charge is 0.492 e. The third-order valence-electron chi connectivity index (χ3n) is 5.32. The van der Waals surface area contributed by atoms with Gasteiger partial charge in [0.25, 0.3) is 0 Å². The molecule has 2 aromatic rings. The average Bonchev–Trinajstić information content (AvgIpc) is 2.76. The second-order valence-electron chi connectivity index (χ2n) is 7.64. The molecule has 182 valence electrons. The van der Waals surface area contributed by atoms with E-state index >= 15 is 0 Å². The molecule has 3 rings (SSSR count). The number of benzene rings is 1. The predicted molar refractivity (Wildman–Crippen MR) is 109 cm³/mol. The summed E-state index contributed by atoms with van der Waals surface area (Å²) in [5.41, 5.74) is -1.89. The van der Waals surface area contributed by atoms with Crippen molar-refractivity contribution in [2.75, 3.05) is 24.6 Å². The third kappa shape index (κ3) is 5.71. The normalized spacial score (nSPS) is 16.2. The van der Waals surface area contributed by atoms with Crippen molar-refractivity contribution in [2.45, 2.75) is 48.7 Å². The molecule has 0 saturated carbocycles. The van der Waals surface area contributed by atoms with E-state index < -0.39 is 38.6 Å². The van der Waals surface area contributed by atoms with Crippen molar-refractivity contribution >= 4 is 15.7 Å². The topological polar surface area (TPSA) is 59.5 Å². The molecule has 0 N–H and O–H groups in total. The lowest BCUT2D eigenvalue weighted by Gasteiger charge is -2.33. The van der Waals surface area contributed by atoms with Crippen molar-refractivity contribution in [3.8, 4) is 5.75 Å². The molecule has 0 radical (unpaired) electrons. The number of piperidine rings is 1. The van der Waals surface area contributed by atoms with Gasteiger partial charge in [0.05, 0.1) is 23.0 Å². The SMILES string of the molecule is CCCOc1cc(C(F)(F)F)ccc1S(=O)(=O)C1CCN(c2ccc(C(F)(F)F)cn2)CC1. The van der Waals surface area contributed by atoms with E-state index in [4.69, 9.17) is 4.74 Å². The third-order valence-corrected chi connectivity index (χ3v) is 7.62. The van der Waals surface area contributed by atoms with Crippen LogP contribution in [-0.4, -0.2) is 38.3 Å². The lowest BCUT2D eigenvalue weighted by Crippen LogP contribution is -2.39. The molecule has 12 heteroatoms. The van der Waals surface area contributed by atoms with Crippen LogP contribution >= 0.6 is 0 Å². The molecule has 1 aromatic carbocycles. The van der Waals surface area contributed by atoms with Gasteiger partial charge in [0.15, 0.2) is 9.84 Å². The molecular formula is C21H22F6N2O3S. The molecule has 0 spiro atoms. The fourth-order valence-corrected chi connectivity index (χ4v) is 5.41. The van der Waals surface area contributed by atoms with Crippen LogP contribution in [0.5, 0.6) is 5.75 Å². The first-order chi connectivity index (χ1) is 15.3. The number of alkyl halides is 6. The summed E-state index contributed by atoms with van der Waals surface area (Å²) in [4.78, 5) is 5.20. The summed E-state index contributed by atoms with van der Waals surface area (Å²) >= 11 is 0. The van der Waals surface area contributed by atoms with Gasteiger partial charge >= 0.3 is 12.4 Å². The molecule has 0 atom stereocenters. The minimum absolute atomic E-state index is 0.0574. The zero-order valence-electron chi connectivity index (χ0n) is 17.6. The van der Waals surface area contributed by atoms with Crippen LogP contribution in [-0.2, 0) is 22.2 Å². The summed E-state index contributed by atoms with van der Waals surface area (Å²) in [6.07, 6.45) is -7.68. The first-order valence-corrected chi connectivity index (χ1v) is 11.7. The zero-order valence-corrected chi connectivity index (χ0v) is 18.4. The summed E-state index contributed by atoms with van der Waals surface area (Å²) in [5.74, 6) is -0.0427. The lowest BCUT2D eigenvalue weighted by atomic mass is 10.1. The molecule has 0 unspecified atom stereocenters. The minimum Gasteiger partial charge on any atom is -0.492 e. The van der Waals surface area contributed by atoms with Gasteiger partial charge in [-0.15, -0.1) is 0 Å². The maximum absolute atomic E-state index is 13.2. The number of pyridine rings is 1. The lowest BCUT2D eigenvalue weighted by molar-refractivity contribution is -0.138. The van der Waals surface area contributed by atoms with Crippen LogP contribution in [0.2, 0.25) is 0 Å². The molecule has 5 nitrogen and oxygen atoms in total. The fourth-order valence-electron chi connectivity index (χ4n) is 3.56. The Bertz CT molecular complexity index is 1060. The molecule has 2 heterocycles. The Kier molecular flexibility index (Phi) is 7.15. The van der Waals surface area contributed by atoms with E-state index in [1.807, 2.05) is 0 Å². The number of ether oxygens (including phenoxy) is 1. The molecule has 1 aliphatic rings. The molecule has 0 aliphatic carbocycles. The van der Waals surface area contributed by atoms with E-state index in [9.17, 15) is 34.8 Å². The van der Waals surface area contributed by atoms with Gasteiger partial charge < -0.3 is 9.64 Å². The Morgan fingerprint density at radius 1 is 1.00 bits per heavy atom. The van der Waals surface area contributed by atoms with Crippen LogP contribution in [0.25, 0.3) is 0 Å². The predicted octanol–water partition coefficient (Wildman–Crippen LogP) is 5.35. The van der Waals surface area contributed by atoms with E-state index in [-0.39, 0.29) is 43.2 Å². The maximum atomic E-state index is 13.2. The highest BCUT2D eigenvalue weighted by Crippen LogP contribution is 2.37. The Labute approximate surface area is 187 Å². The molecule has 0 amide bonds. The second kappa shape index (κ2) is 9.40. The van der Waals surface area contributed by atoms with Gasteiger partial charge in [-0.2, -0.15) is 26.3 Å².